The molecule has 0 aromatic heterocycles. The molecule has 0 rings (SSSR count). The first kappa shape index (κ1) is 59.2. The third-order valence-electron chi connectivity index (χ3n) is 11.3. The third-order valence-corrected chi connectivity index (χ3v) is 12.3. The Bertz CT molecular complexity index is 1090. The van der Waals surface area contributed by atoms with Crippen molar-refractivity contribution in [2.24, 2.45) is 0 Å². The number of aliphatic hydroxyl groups is 1. The van der Waals surface area contributed by atoms with Crippen molar-refractivity contribution in [2.45, 2.75) is 264 Å². The normalized spacial score (nSPS) is 13.6. The van der Waals surface area contributed by atoms with Crippen LogP contribution in [-0.4, -0.2) is 64.9 Å². The Morgan fingerprint density at radius 2 is 0.852 bits per heavy atom. The molecule has 0 bridgehead atoms. The highest BCUT2D eigenvalue weighted by Gasteiger charge is 2.28. The van der Waals surface area contributed by atoms with E-state index in [1.54, 1.807) is 0 Å². The summed E-state index contributed by atoms with van der Waals surface area (Å²) in [5, 5.41) is 21.9. The van der Waals surface area contributed by atoms with E-state index in [0.29, 0.717) is 12.8 Å². The van der Waals surface area contributed by atoms with Gasteiger partial charge >= 0.3 is 19.8 Å². The third kappa shape index (κ3) is 44.6. The number of carboxylic acids is 1. The van der Waals surface area contributed by atoms with Gasteiger partial charge in [-0.05, 0) is 38.5 Å². The molecule has 0 aliphatic carbocycles. The summed E-state index contributed by atoms with van der Waals surface area (Å²) in [5.41, 5.74) is 0. The summed E-state index contributed by atoms with van der Waals surface area (Å²) in [5.74, 6) is -2.37. The molecule has 11 nitrogen and oxygen atoms in total. The number of carboxylic acid groups (broad SMARTS) is 1. The van der Waals surface area contributed by atoms with Gasteiger partial charge in [0, 0.05) is 12.8 Å². The second kappa shape index (κ2) is 44.8. The number of carbonyl (C=O) groups is 3. The number of phosphoric acid groups is 1. The fraction of sp³-hybridized carbons (Fsp3) is 0.898. The largest absolute Gasteiger partial charge is 0.480 e. The van der Waals surface area contributed by atoms with Gasteiger partial charge in [0.1, 0.15) is 12.7 Å². The number of rotatable bonds is 48. The molecule has 0 heterocycles. The fourth-order valence-electron chi connectivity index (χ4n) is 7.37. The van der Waals surface area contributed by atoms with Crippen LogP contribution in [-0.2, 0) is 32.7 Å². The SMILES string of the molecule is CCCCCCCCC/C=C\CCCCCCCC(=O)NC(COP(=O)(O)OCC(O)COC(=O)CCCCCCCCCCCCCCCCCCCCCCC)C(=O)O. The van der Waals surface area contributed by atoms with E-state index in [1.807, 2.05) is 0 Å². The van der Waals surface area contributed by atoms with Crippen molar-refractivity contribution in [3.8, 4) is 0 Å². The maximum atomic E-state index is 12.3. The van der Waals surface area contributed by atoms with Crippen molar-refractivity contribution in [2.75, 3.05) is 19.8 Å². The van der Waals surface area contributed by atoms with Crippen molar-refractivity contribution in [1.82, 2.24) is 5.32 Å². The van der Waals surface area contributed by atoms with Crippen LogP contribution in [0.5, 0.6) is 0 Å². The summed E-state index contributed by atoms with van der Waals surface area (Å²) in [6.45, 7) is 2.63. The molecule has 3 atom stereocenters. The number of carbonyl (C=O) groups excluding carboxylic acids is 2. The zero-order chi connectivity index (χ0) is 44.9. The lowest BCUT2D eigenvalue weighted by molar-refractivity contribution is -0.147. The van der Waals surface area contributed by atoms with Crippen molar-refractivity contribution in [3.63, 3.8) is 0 Å². The lowest BCUT2D eigenvalue weighted by atomic mass is 10.0. The van der Waals surface area contributed by atoms with Crippen LogP contribution < -0.4 is 5.32 Å². The maximum Gasteiger partial charge on any atom is 0.472 e. The number of allylic oxidation sites excluding steroid dienone is 2. The highest BCUT2D eigenvalue weighted by molar-refractivity contribution is 7.47. The number of aliphatic carboxylic acids is 1. The Hall–Kier alpha value is -1.78. The van der Waals surface area contributed by atoms with E-state index in [1.165, 1.54) is 154 Å². The van der Waals surface area contributed by atoms with Crippen molar-refractivity contribution in [1.29, 1.82) is 0 Å². The summed E-state index contributed by atoms with van der Waals surface area (Å²) < 4.78 is 26.9. The van der Waals surface area contributed by atoms with Gasteiger partial charge in [0.25, 0.3) is 0 Å². The molecular weight excluding hydrogens is 794 g/mol. The Labute approximate surface area is 373 Å². The molecule has 0 aromatic carbocycles. The van der Waals surface area contributed by atoms with Gasteiger partial charge in [-0.15, -0.1) is 0 Å². The number of hydrogen-bond donors (Lipinski definition) is 4. The number of aliphatic hydroxyl groups excluding tert-OH is 1. The monoisotopic (exact) mass is 888 g/mol. The molecule has 61 heavy (non-hydrogen) atoms. The first-order valence-electron chi connectivity index (χ1n) is 25.2. The van der Waals surface area contributed by atoms with Crippen LogP contribution in [0.4, 0.5) is 0 Å². The summed E-state index contributed by atoms with van der Waals surface area (Å²) in [6, 6.07) is -1.55. The van der Waals surface area contributed by atoms with Crippen LogP contribution in [0.15, 0.2) is 12.2 Å². The smallest absolute Gasteiger partial charge is 0.472 e. The van der Waals surface area contributed by atoms with Crippen LogP contribution in [0.25, 0.3) is 0 Å². The zero-order valence-electron chi connectivity index (χ0n) is 39.2. The molecule has 4 N–H and O–H groups in total. The highest BCUT2D eigenvalue weighted by Crippen LogP contribution is 2.43. The summed E-state index contributed by atoms with van der Waals surface area (Å²) >= 11 is 0. The van der Waals surface area contributed by atoms with Crippen molar-refractivity contribution in [3.05, 3.63) is 12.2 Å². The molecular formula is C49H94NO10P. The average Bonchev–Trinajstić information content (AvgIpc) is 3.24. The minimum Gasteiger partial charge on any atom is -0.480 e. The quantitative estimate of drug-likeness (QED) is 0.0200. The molecule has 12 heteroatoms. The summed E-state index contributed by atoms with van der Waals surface area (Å²) in [6.07, 6.45) is 46.7. The first-order valence-corrected chi connectivity index (χ1v) is 26.7. The molecule has 0 fully saturated rings. The highest BCUT2D eigenvalue weighted by atomic mass is 31.2. The molecule has 360 valence electrons. The summed E-state index contributed by atoms with van der Waals surface area (Å²) in [7, 11) is -4.76. The van der Waals surface area contributed by atoms with E-state index in [9.17, 15) is 34.1 Å². The number of phosphoric ester groups is 1. The molecule has 0 aliphatic rings. The second-order valence-corrected chi connectivity index (χ2v) is 18.8. The standard InChI is InChI=1S/C49H94NO10P/c1-3-5-7-9-11-13-15-17-19-21-22-23-24-25-27-29-31-33-35-37-39-41-48(53)58-42-45(51)43-59-61(56,57)60-44-46(49(54)55)50-47(52)40-38-36-34-32-30-28-26-20-18-16-14-12-10-8-6-4-2/h20,26,45-46,51H,3-19,21-25,27-44H2,1-2H3,(H,50,52)(H,54,55)(H,56,57)/b26-20-. The predicted octanol–water partition coefficient (Wildman–Crippen LogP) is 13.6. The van der Waals surface area contributed by atoms with E-state index in [-0.39, 0.29) is 12.8 Å². The Morgan fingerprint density at radius 1 is 0.508 bits per heavy atom. The minimum absolute atomic E-state index is 0.139. The summed E-state index contributed by atoms with van der Waals surface area (Å²) in [4.78, 5) is 46.0. The molecule has 0 saturated carbocycles. The first-order chi connectivity index (χ1) is 29.6. The van der Waals surface area contributed by atoms with Crippen LogP contribution in [0, 0.1) is 0 Å². The van der Waals surface area contributed by atoms with E-state index in [4.69, 9.17) is 13.8 Å². The lowest BCUT2D eigenvalue weighted by Crippen LogP contribution is -2.43. The molecule has 0 radical (unpaired) electrons. The minimum atomic E-state index is -4.76. The van der Waals surface area contributed by atoms with Gasteiger partial charge in [-0.2, -0.15) is 0 Å². The zero-order valence-corrected chi connectivity index (χ0v) is 40.1. The van der Waals surface area contributed by atoms with Crippen LogP contribution >= 0.6 is 7.82 Å². The van der Waals surface area contributed by atoms with Gasteiger partial charge in [0.2, 0.25) is 5.91 Å². The van der Waals surface area contributed by atoms with Crippen molar-refractivity contribution >= 4 is 25.7 Å². The number of ether oxygens (including phenoxy) is 1. The van der Waals surface area contributed by atoms with Gasteiger partial charge in [-0.3, -0.25) is 18.6 Å². The van der Waals surface area contributed by atoms with Crippen molar-refractivity contribution < 1.29 is 47.8 Å². The van der Waals surface area contributed by atoms with Gasteiger partial charge in [-0.1, -0.05) is 212 Å². The fourth-order valence-corrected chi connectivity index (χ4v) is 8.14. The van der Waals surface area contributed by atoms with Gasteiger partial charge in [0.15, 0.2) is 6.04 Å². The Morgan fingerprint density at radius 3 is 1.25 bits per heavy atom. The number of hydrogen-bond acceptors (Lipinski definition) is 8. The predicted molar refractivity (Wildman–Crippen MR) is 250 cm³/mol. The van der Waals surface area contributed by atoms with E-state index >= 15 is 0 Å². The molecule has 0 saturated heterocycles. The van der Waals surface area contributed by atoms with Crippen LogP contribution in [0.2, 0.25) is 0 Å². The second-order valence-electron chi connectivity index (χ2n) is 17.4. The lowest BCUT2D eigenvalue weighted by Gasteiger charge is -2.18. The van der Waals surface area contributed by atoms with Crippen LogP contribution in [0.1, 0.15) is 251 Å². The van der Waals surface area contributed by atoms with Gasteiger partial charge in [0.05, 0.1) is 13.2 Å². The molecule has 0 spiro atoms. The Balaban J connectivity index is 3.80. The van der Waals surface area contributed by atoms with Gasteiger partial charge < -0.3 is 25.2 Å². The average molecular weight is 888 g/mol. The molecule has 0 aromatic rings. The maximum absolute atomic E-state index is 12.3. The topological polar surface area (TPSA) is 169 Å². The van der Waals surface area contributed by atoms with E-state index in [2.05, 4.69) is 31.3 Å². The molecule has 0 aliphatic heterocycles. The number of nitrogens with one attached hydrogen (secondary N) is 1. The molecule has 1 amide bonds. The van der Waals surface area contributed by atoms with Crippen LogP contribution in [0.3, 0.4) is 0 Å². The molecule has 3 unspecified atom stereocenters. The Kier molecular flexibility index (Phi) is 43.5. The van der Waals surface area contributed by atoms with E-state index in [0.717, 1.165) is 57.8 Å². The van der Waals surface area contributed by atoms with Gasteiger partial charge in [-0.25, -0.2) is 9.36 Å². The number of unbranched alkanes of at least 4 members (excludes halogenated alkanes) is 32. The number of amides is 1. The van der Waals surface area contributed by atoms with E-state index < -0.39 is 57.6 Å². The number of esters is 1.